The van der Waals surface area contributed by atoms with Crippen molar-refractivity contribution in [2.45, 2.75) is 26.3 Å². The largest absolute Gasteiger partial charge is 0.343 e. The van der Waals surface area contributed by atoms with Gasteiger partial charge in [-0.15, -0.1) is 0 Å². The maximum Gasteiger partial charge on any atom is 0.205 e. The summed E-state index contributed by atoms with van der Waals surface area (Å²) in [7, 11) is 0. The van der Waals surface area contributed by atoms with Crippen LogP contribution >= 0.6 is 27.5 Å². The topological polar surface area (TPSA) is 29.0 Å². The highest BCUT2D eigenvalue weighted by Gasteiger charge is 2.31. The molecule has 0 N–H and O–H groups in total. The first-order valence-corrected chi connectivity index (χ1v) is 6.74. The van der Waals surface area contributed by atoms with Gasteiger partial charge >= 0.3 is 0 Å². The first-order chi connectivity index (χ1) is 6.72. The molecule has 1 aliphatic rings. The molecule has 0 radical (unpaired) electrons. The fraction of sp³-hybridized carbons (Fsp3) is 0.778. The van der Waals surface area contributed by atoms with Crippen molar-refractivity contribution < 1.29 is 0 Å². The molecule has 0 aromatic carbocycles. The monoisotopic (exact) mass is 275 g/mol. The molecule has 14 heavy (non-hydrogen) atoms. The summed E-state index contributed by atoms with van der Waals surface area (Å²) in [5.41, 5.74) is 0. The van der Waals surface area contributed by atoms with Gasteiger partial charge in [-0.1, -0.05) is 22.9 Å². The second kappa shape index (κ2) is 4.14. The van der Waals surface area contributed by atoms with Crippen LogP contribution in [0.5, 0.6) is 0 Å². The van der Waals surface area contributed by atoms with Gasteiger partial charge in [0.2, 0.25) is 5.13 Å². The number of rotatable bonds is 2. The highest BCUT2D eigenvalue weighted by molar-refractivity contribution is 9.09. The van der Waals surface area contributed by atoms with Crippen LogP contribution in [0.25, 0.3) is 0 Å². The second-order valence-electron chi connectivity index (χ2n) is 3.81. The van der Waals surface area contributed by atoms with Crippen LogP contribution in [0.2, 0.25) is 0 Å². The van der Waals surface area contributed by atoms with Gasteiger partial charge in [0, 0.05) is 29.4 Å². The van der Waals surface area contributed by atoms with E-state index < -0.39 is 0 Å². The molecule has 2 atom stereocenters. The quantitative estimate of drug-likeness (QED) is 0.777. The average Bonchev–Trinajstić information content (AvgIpc) is 2.71. The molecule has 1 aromatic heterocycles. The van der Waals surface area contributed by atoms with E-state index in [1.807, 2.05) is 6.92 Å². The number of alkyl halides is 1. The zero-order valence-electron chi connectivity index (χ0n) is 8.40. The van der Waals surface area contributed by atoms with Gasteiger partial charge in [0.05, 0.1) is 0 Å². The molecular weight excluding hydrogens is 262 g/mol. The lowest BCUT2D eigenvalue weighted by molar-refractivity contribution is 0.554. The molecule has 2 unspecified atom stereocenters. The van der Waals surface area contributed by atoms with E-state index in [4.69, 9.17) is 0 Å². The fourth-order valence-corrected chi connectivity index (χ4v) is 3.63. The number of anilines is 1. The Kier molecular flexibility index (Phi) is 3.07. The van der Waals surface area contributed by atoms with Crippen molar-refractivity contribution in [3.63, 3.8) is 0 Å². The van der Waals surface area contributed by atoms with Gasteiger partial charge in [-0.25, -0.2) is 4.98 Å². The minimum Gasteiger partial charge on any atom is -0.343 e. The van der Waals surface area contributed by atoms with Gasteiger partial charge in [0.25, 0.3) is 0 Å². The highest BCUT2D eigenvalue weighted by Crippen LogP contribution is 2.31. The summed E-state index contributed by atoms with van der Waals surface area (Å²) in [5, 5.41) is 2.10. The van der Waals surface area contributed by atoms with Crippen molar-refractivity contribution in [1.29, 1.82) is 0 Å². The lowest BCUT2D eigenvalue weighted by atomic mass is 10.1. The predicted octanol–water partition coefficient (Wildman–Crippen LogP) is 2.46. The molecule has 1 saturated heterocycles. The molecule has 0 amide bonds. The predicted molar refractivity (Wildman–Crippen MR) is 63.4 cm³/mol. The minimum atomic E-state index is 0.586. The standard InChI is InChI=1S/C9H14BrN3S/c1-6-3-4-13(8(6)5-10)9-11-7(2)12-14-9/h6,8H,3-5H2,1-2H3. The van der Waals surface area contributed by atoms with E-state index in [2.05, 4.69) is 37.1 Å². The summed E-state index contributed by atoms with van der Waals surface area (Å²) >= 11 is 5.09. The maximum atomic E-state index is 4.44. The molecule has 2 heterocycles. The van der Waals surface area contributed by atoms with Crippen molar-refractivity contribution in [2.24, 2.45) is 5.92 Å². The van der Waals surface area contributed by atoms with Crippen LogP contribution < -0.4 is 4.90 Å². The Morgan fingerprint density at radius 1 is 1.64 bits per heavy atom. The van der Waals surface area contributed by atoms with Crippen molar-refractivity contribution in [2.75, 3.05) is 16.8 Å². The smallest absolute Gasteiger partial charge is 0.205 e. The average molecular weight is 276 g/mol. The number of nitrogens with zero attached hydrogens (tertiary/aromatic N) is 3. The minimum absolute atomic E-state index is 0.586. The van der Waals surface area contributed by atoms with Crippen LogP contribution in [0.15, 0.2) is 0 Å². The van der Waals surface area contributed by atoms with Crippen molar-refractivity contribution in [3.05, 3.63) is 5.82 Å². The van der Waals surface area contributed by atoms with Crippen LogP contribution in [-0.2, 0) is 0 Å². The summed E-state index contributed by atoms with van der Waals surface area (Å²) in [4.78, 5) is 6.82. The van der Waals surface area contributed by atoms with E-state index in [0.717, 1.165) is 28.7 Å². The molecule has 3 nitrogen and oxygen atoms in total. The lowest BCUT2D eigenvalue weighted by Crippen LogP contribution is -2.33. The van der Waals surface area contributed by atoms with Crippen LogP contribution in [0.3, 0.4) is 0 Å². The third-order valence-corrected chi connectivity index (χ3v) is 4.31. The summed E-state index contributed by atoms with van der Waals surface area (Å²) in [6, 6.07) is 0.586. The number of aryl methyl sites for hydroxylation is 1. The van der Waals surface area contributed by atoms with Gasteiger partial charge in [-0.2, -0.15) is 4.37 Å². The SMILES string of the molecule is Cc1nsc(N2CCC(C)C2CBr)n1. The Morgan fingerprint density at radius 3 is 3.00 bits per heavy atom. The molecule has 1 aromatic rings. The number of aromatic nitrogens is 2. The first kappa shape index (κ1) is 10.4. The maximum absolute atomic E-state index is 4.44. The van der Waals surface area contributed by atoms with Gasteiger partial charge in [0.15, 0.2) is 0 Å². The second-order valence-corrected chi connectivity index (χ2v) is 5.18. The van der Waals surface area contributed by atoms with Crippen LogP contribution in [-0.4, -0.2) is 27.3 Å². The van der Waals surface area contributed by atoms with E-state index in [-0.39, 0.29) is 0 Å². The van der Waals surface area contributed by atoms with E-state index in [1.54, 1.807) is 0 Å². The highest BCUT2D eigenvalue weighted by atomic mass is 79.9. The molecule has 1 fully saturated rings. The summed E-state index contributed by atoms with van der Waals surface area (Å²) in [5.74, 6) is 1.64. The Morgan fingerprint density at radius 2 is 2.43 bits per heavy atom. The molecule has 5 heteroatoms. The Balaban J connectivity index is 2.18. The zero-order valence-corrected chi connectivity index (χ0v) is 10.8. The first-order valence-electron chi connectivity index (χ1n) is 4.85. The molecule has 1 aliphatic heterocycles. The molecule has 0 spiro atoms. The zero-order chi connectivity index (χ0) is 10.1. The van der Waals surface area contributed by atoms with Crippen molar-refractivity contribution in [3.8, 4) is 0 Å². The third-order valence-electron chi connectivity index (χ3n) is 2.80. The number of hydrogen-bond acceptors (Lipinski definition) is 4. The Bertz CT molecular complexity index is 315. The van der Waals surface area contributed by atoms with Crippen LogP contribution in [0.1, 0.15) is 19.2 Å². The van der Waals surface area contributed by atoms with E-state index >= 15 is 0 Å². The summed E-state index contributed by atoms with van der Waals surface area (Å²) in [6.45, 7) is 5.37. The Hall–Kier alpha value is -0.160. The van der Waals surface area contributed by atoms with Gasteiger partial charge in [-0.3, -0.25) is 0 Å². The lowest BCUT2D eigenvalue weighted by Gasteiger charge is -2.23. The number of hydrogen-bond donors (Lipinski definition) is 0. The molecule has 78 valence electrons. The molecule has 0 saturated carbocycles. The van der Waals surface area contributed by atoms with E-state index in [0.29, 0.717) is 6.04 Å². The third kappa shape index (κ3) is 1.80. The van der Waals surface area contributed by atoms with E-state index in [1.165, 1.54) is 18.0 Å². The number of halogens is 1. The normalized spacial score (nSPS) is 27.2. The van der Waals surface area contributed by atoms with Crippen molar-refractivity contribution in [1.82, 2.24) is 9.36 Å². The van der Waals surface area contributed by atoms with Gasteiger partial charge in [-0.05, 0) is 19.3 Å². The molecule has 0 aliphatic carbocycles. The van der Waals surface area contributed by atoms with Gasteiger partial charge < -0.3 is 4.90 Å². The molecule has 0 bridgehead atoms. The molecular formula is C9H14BrN3S. The van der Waals surface area contributed by atoms with Crippen LogP contribution in [0.4, 0.5) is 5.13 Å². The Labute approximate surface area is 96.8 Å². The van der Waals surface area contributed by atoms with E-state index in [9.17, 15) is 0 Å². The van der Waals surface area contributed by atoms with Gasteiger partial charge in [0.1, 0.15) is 5.82 Å². The van der Waals surface area contributed by atoms with Crippen molar-refractivity contribution >= 4 is 32.6 Å². The summed E-state index contributed by atoms with van der Waals surface area (Å²) in [6.07, 6.45) is 1.26. The molecule has 2 rings (SSSR count). The fourth-order valence-electron chi connectivity index (χ4n) is 1.88. The van der Waals surface area contributed by atoms with Crippen LogP contribution in [0, 0.1) is 12.8 Å². The summed E-state index contributed by atoms with van der Waals surface area (Å²) < 4.78 is 4.23.